The number of ether oxygens (including phenoxy) is 1. The molecule has 1 rings (SSSR count). The predicted octanol–water partition coefficient (Wildman–Crippen LogP) is 1.33. The molecule has 0 aliphatic heterocycles. The van der Waals surface area contributed by atoms with E-state index in [0.717, 1.165) is 5.56 Å². The molecule has 0 saturated heterocycles. The van der Waals surface area contributed by atoms with Crippen LogP contribution in [0.2, 0.25) is 0 Å². The molecule has 0 amide bonds. The van der Waals surface area contributed by atoms with E-state index in [0.29, 0.717) is 26.2 Å². The monoisotopic (exact) mass is 231 g/mol. The second kappa shape index (κ2) is 8.68. The van der Waals surface area contributed by atoms with Gasteiger partial charge < -0.3 is 15.6 Å². The van der Waals surface area contributed by atoms with Crippen molar-refractivity contribution in [3.05, 3.63) is 35.9 Å². The third-order valence-corrected chi connectivity index (χ3v) is 1.92. The van der Waals surface area contributed by atoms with E-state index < -0.39 is 6.10 Å². The number of rotatable bonds is 6. The van der Waals surface area contributed by atoms with Gasteiger partial charge in [0.05, 0.1) is 19.3 Å². The Balaban J connectivity index is 0.00000196. The lowest BCUT2D eigenvalue weighted by Crippen LogP contribution is -2.19. The molecule has 1 aromatic carbocycles. The first-order valence-electron chi connectivity index (χ1n) is 4.82. The molecule has 0 saturated carbocycles. The molecule has 0 unspecified atom stereocenters. The van der Waals surface area contributed by atoms with Crippen molar-refractivity contribution in [3.8, 4) is 0 Å². The van der Waals surface area contributed by atoms with Crippen molar-refractivity contribution in [1.29, 1.82) is 0 Å². The van der Waals surface area contributed by atoms with E-state index in [1.165, 1.54) is 0 Å². The van der Waals surface area contributed by atoms with Crippen LogP contribution >= 0.6 is 12.4 Å². The first-order valence-corrected chi connectivity index (χ1v) is 4.82. The zero-order valence-corrected chi connectivity index (χ0v) is 9.45. The quantitative estimate of drug-likeness (QED) is 0.777. The average Bonchev–Trinajstić information content (AvgIpc) is 2.20. The van der Waals surface area contributed by atoms with Gasteiger partial charge >= 0.3 is 0 Å². The summed E-state index contributed by atoms with van der Waals surface area (Å²) in [6, 6.07) is 9.89. The largest absolute Gasteiger partial charge is 0.391 e. The topological polar surface area (TPSA) is 55.5 Å². The number of benzene rings is 1. The zero-order chi connectivity index (χ0) is 10.2. The minimum atomic E-state index is -0.441. The van der Waals surface area contributed by atoms with E-state index in [-0.39, 0.29) is 12.4 Å². The molecule has 0 fully saturated rings. The van der Waals surface area contributed by atoms with Gasteiger partial charge in [-0.15, -0.1) is 12.4 Å². The van der Waals surface area contributed by atoms with Gasteiger partial charge in [0.25, 0.3) is 0 Å². The highest BCUT2D eigenvalue weighted by Gasteiger charge is 2.02. The molecule has 0 radical (unpaired) electrons. The molecule has 15 heavy (non-hydrogen) atoms. The van der Waals surface area contributed by atoms with Gasteiger partial charge in [0.2, 0.25) is 0 Å². The molecule has 0 spiro atoms. The summed E-state index contributed by atoms with van der Waals surface area (Å²) >= 11 is 0. The van der Waals surface area contributed by atoms with Gasteiger partial charge in [0.15, 0.2) is 0 Å². The molecule has 3 N–H and O–H groups in total. The van der Waals surface area contributed by atoms with Gasteiger partial charge in [-0.25, -0.2) is 0 Å². The SMILES string of the molecule is Cl.NCC[C@H](O)COCc1ccccc1. The summed E-state index contributed by atoms with van der Waals surface area (Å²) in [5, 5.41) is 9.32. The highest BCUT2D eigenvalue weighted by Crippen LogP contribution is 2.01. The average molecular weight is 232 g/mol. The van der Waals surface area contributed by atoms with Crippen LogP contribution in [-0.2, 0) is 11.3 Å². The Hall–Kier alpha value is -0.610. The molecule has 1 aromatic rings. The van der Waals surface area contributed by atoms with E-state index >= 15 is 0 Å². The van der Waals surface area contributed by atoms with Crippen molar-refractivity contribution < 1.29 is 9.84 Å². The molecule has 86 valence electrons. The maximum atomic E-state index is 9.32. The van der Waals surface area contributed by atoms with Crippen LogP contribution < -0.4 is 5.73 Å². The molecule has 4 heteroatoms. The fourth-order valence-electron chi connectivity index (χ4n) is 1.16. The molecule has 1 atom stereocenters. The van der Waals surface area contributed by atoms with Gasteiger partial charge in [-0.2, -0.15) is 0 Å². The van der Waals surface area contributed by atoms with E-state index in [9.17, 15) is 5.11 Å². The van der Waals surface area contributed by atoms with Crippen LogP contribution in [0.4, 0.5) is 0 Å². The van der Waals surface area contributed by atoms with Crippen LogP contribution in [0.1, 0.15) is 12.0 Å². The number of hydrogen-bond acceptors (Lipinski definition) is 3. The summed E-state index contributed by atoms with van der Waals surface area (Å²) in [6.45, 7) is 1.39. The fourth-order valence-corrected chi connectivity index (χ4v) is 1.16. The molecular weight excluding hydrogens is 214 g/mol. The van der Waals surface area contributed by atoms with Crippen LogP contribution in [0.5, 0.6) is 0 Å². The van der Waals surface area contributed by atoms with Crippen molar-refractivity contribution in [2.24, 2.45) is 5.73 Å². The first kappa shape index (κ1) is 14.4. The third kappa shape index (κ3) is 6.47. The van der Waals surface area contributed by atoms with Crippen molar-refractivity contribution in [2.45, 2.75) is 19.1 Å². The summed E-state index contributed by atoms with van der Waals surface area (Å²) in [4.78, 5) is 0. The van der Waals surface area contributed by atoms with Crippen LogP contribution in [0, 0.1) is 0 Å². The second-order valence-corrected chi connectivity index (χ2v) is 3.23. The summed E-state index contributed by atoms with van der Waals surface area (Å²) < 4.78 is 5.33. The smallest absolute Gasteiger partial charge is 0.0785 e. The molecule has 0 aromatic heterocycles. The van der Waals surface area contributed by atoms with Crippen molar-refractivity contribution in [3.63, 3.8) is 0 Å². The molecular formula is C11H18ClNO2. The normalized spacial score (nSPS) is 11.9. The van der Waals surface area contributed by atoms with Gasteiger partial charge in [-0.3, -0.25) is 0 Å². The Kier molecular flexibility index (Phi) is 8.33. The van der Waals surface area contributed by atoms with Gasteiger partial charge in [0, 0.05) is 0 Å². The Morgan fingerprint density at radius 2 is 1.93 bits per heavy atom. The number of halogens is 1. The number of aliphatic hydroxyl groups is 1. The number of hydrogen-bond donors (Lipinski definition) is 2. The lowest BCUT2D eigenvalue weighted by Gasteiger charge is -2.09. The van der Waals surface area contributed by atoms with E-state index in [1.54, 1.807) is 0 Å². The van der Waals surface area contributed by atoms with Gasteiger partial charge in [-0.05, 0) is 18.5 Å². The highest BCUT2D eigenvalue weighted by molar-refractivity contribution is 5.85. The second-order valence-electron chi connectivity index (χ2n) is 3.23. The lowest BCUT2D eigenvalue weighted by atomic mass is 10.2. The predicted molar refractivity (Wildman–Crippen MR) is 63.0 cm³/mol. The summed E-state index contributed by atoms with van der Waals surface area (Å²) in [5.41, 5.74) is 6.41. The maximum Gasteiger partial charge on any atom is 0.0785 e. The van der Waals surface area contributed by atoms with Crippen LogP contribution in [0.15, 0.2) is 30.3 Å². The summed E-state index contributed by atoms with van der Waals surface area (Å²) in [5.74, 6) is 0. The van der Waals surface area contributed by atoms with Crippen molar-refractivity contribution in [1.82, 2.24) is 0 Å². The Morgan fingerprint density at radius 3 is 2.53 bits per heavy atom. The first-order chi connectivity index (χ1) is 6.83. The molecule has 0 aliphatic carbocycles. The molecule has 0 aliphatic rings. The minimum absolute atomic E-state index is 0. The Labute approximate surface area is 96.7 Å². The fraction of sp³-hybridized carbons (Fsp3) is 0.455. The van der Waals surface area contributed by atoms with Crippen molar-refractivity contribution >= 4 is 12.4 Å². The Morgan fingerprint density at radius 1 is 1.27 bits per heavy atom. The lowest BCUT2D eigenvalue weighted by molar-refractivity contribution is 0.0258. The van der Waals surface area contributed by atoms with E-state index in [4.69, 9.17) is 10.5 Å². The molecule has 3 nitrogen and oxygen atoms in total. The van der Waals surface area contributed by atoms with Gasteiger partial charge in [0.1, 0.15) is 0 Å². The van der Waals surface area contributed by atoms with Crippen LogP contribution in [0.25, 0.3) is 0 Å². The molecule has 0 heterocycles. The highest BCUT2D eigenvalue weighted by atomic mass is 35.5. The van der Waals surface area contributed by atoms with E-state index in [1.807, 2.05) is 30.3 Å². The van der Waals surface area contributed by atoms with Crippen LogP contribution in [0.3, 0.4) is 0 Å². The van der Waals surface area contributed by atoms with Gasteiger partial charge in [-0.1, -0.05) is 30.3 Å². The standard InChI is InChI=1S/C11H17NO2.ClH/c12-7-6-11(13)9-14-8-10-4-2-1-3-5-10;/h1-5,11,13H,6-9,12H2;1H/t11-;/m0./s1. The van der Waals surface area contributed by atoms with Crippen molar-refractivity contribution in [2.75, 3.05) is 13.2 Å². The summed E-state index contributed by atoms with van der Waals surface area (Å²) in [6.07, 6.45) is 0.151. The minimum Gasteiger partial charge on any atom is -0.391 e. The summed E-state index contributed by atoms with van der Waals surface area (Å²) in [7, 11) is 0. The Bertz CT molecular complexity index is 244. The van der Waals surface area contributed by atoms with Crippen LogP contribution in [-0.4, -0.2) is 24.4 Å². The number of aliphatic hydroxyl groups excluding tert-OH is 1. The zero-order valence-electron chi connectivity index (χ0n) is 8.63. The number of nitrogens with two attached hydrogens (primary N) is 1. The maximum absolute atomic E-state index is 9.32. The van der Waals surface area contributed by atoms with E-state index in [2.05, 4.69) is 0 Å². The third-order valence-electron chi connectivity index (χ3n) is 1.92. The molecule has 0 bridgehead atoms.